The molecule has 1 amide bonds. The van der Waals surface area contributed by atoms with Gasteiger partial charge in [0, 0.05) is 38.3 Å². The minimum absolute atomic E-state index is 0.259. The van der Waals surface area contributed by atoms with E-state index in [1.807, 2.05) is 26.8 Å². The highest BCUT2D eigenvalue weighted by molar-refractivity contribution is 9.10. The Balaban J connectivity index is 1.90. The fourth-order valence-corrected chi connectivity index (χ4v) is 2.78. The van der Waals surface area contributed by atoms with Crippen LogP contribution in [-0.4, -0.2) is 52.7 Å². The largest absolute Gasteiger partial charge is 0.444 e. The molecule has 6 nitrogen and oxygen atoms in total. The standard InChI is InChI=1S/C15H22BrClN4O2/c1-15(2,3)23-14(22)21-6-4-20(5-7-21)9-10-8-11(17)12(16)19-13(10)18/h8H,4-7,9H2,1-3H3,(H2,18,19). The van der Waals surface area contributed by atoms with Crippen molar-refractivity contribution in [2.75, 3.05) is 31.9 Å². The molecule has 0 unspecified atom stereocenters. The number of halogens is 2. The smallest absolute Gasteiger partial charge is 0.410 e. The first-order chi connectivity index (χ1) is 10.7. The molecule has 0 atom stereocenters. The second-order valence-corrected chi connectivity index (χ2v) is 7.71. The number of rotatable bonds is 2. The molecule has 0 aromatic carbocycles. The van der Waals surface area contributed by atoms with Crippen molar-refractivity contribution in [2.45, 2.75) is 32.9 Å². The third kappa shape index (κ3) is 5.22. The first kappa shape index (κ1) is 18.3. The molecule has 23 heavy (non-hydrogen) atoms. The van der Waals surface area contributed by atoms with Crippen molar-refractivity contribution < 1.29 is 9.53 Å². The first-order valence-corrected chi connectivity index (χ1v) is 8.63. The summed E-state index contributed by atoms with van der Waals surface area (Å²) in [5.74, 6) is 0.468. The molecule has 0 aliphatic carbocycles. The summed E-state index contributed by atoms with van der Waals surface area (Å²) in [6.45, 7) is 9.04. The number of carbonyl (C=O) groups excluding carboxylic acids is 1. The Morgan fingerprint density at radius 1 is 1.39 bits per heavy atom. The van der Waals surface area contributed by atoms with Gasteiger partial charge in [0.05, 0.1) is 5.02 Å². The topological polar surface area (TPSA) is 71.7 Å². The van der Waals surface area contributed by atoms with Gasteiger partial charge < -0.3 is 15.4 Å². The van der Waals surface area contributed by atoms with E-state index in [1.165, 1.54) is 0 Å². The van der Waals surface area contributed by atoms with Crippen LogP contribution in [-0.2, 0) is 11.3 Å². The van der Waals surface area contributed by atoms with E-state index in [0.29, 0.717) is 35.1 Å². The lowest BCUT2D eigenvalue weighted by Crippen LogP contribution is -2.49. The zero-order chi connectivity index (χ0) is 17.2. The van der Waals surface area contributed by atoms with E-state index >= 15 is 0 Å². The molecular formula is C15H22BrClN4O2. The second kappa shape index (κ2) is 7.23. The summed E-state index contributed by atoms with van der Waals surface area (Å²) in [6.07, 6.45) is -0.259. The third-order valence-corrected chi connectivity index (χ3v) is 4.58. The van der Waals surface area contributed by atoms with Gasteiger partial charge in [-0.05, 0) is 42.8 Å². The second-order valence-electron chi connectivity index (χ2n) is 6.55. The molecule has 2 N–H and O–H groups in total. The number of ether oxygens (including phenoxy) is 1. The number of hydrogen-bond donors (Lipinski definition) is 1. The molecule has 128 valence electrons. The van der Waals surface area contributed by atoms with Crippen LogP contribution in [0.25, 0.3) is 0 Å². The quantitative estimate of drug-likeness (QED) is 0.765. The van der Waals surface area contributed by atoms with Crippen molar-refractivity contribution in [3.63, 3.8) is 0 Å². The monoisotopic (exact) mass is 404 g/mol. The maximum absolute atomic E-state index is 12.0. The van der Waals surface area contributed by atoms with Crippen LogP contribution in [0.15, 0.2) is 10.7 Å². The van der Waals surface area contributed by atoms with E-state index in [0.717, 1.165) is 18.7 Å². The van der Waals surface area contributed by atoms with Crippen LogP contribution in [0.3, 0.4) is 0 Å². The van der Waals surface area contributed by atoms with Crippen LogP contribution in [0.4, 0.5) is 10.6 Å². The van der Waals surface area contributed by atoms with Crippen LogP contribution >= 0.6 is 27.5 Å². The molecule has 0 spiro atoms. The Bertz CT molecular complexity index is 584. The van der Waals surface area contributed by atoms with Crippen LogP contribution in [0, 0.1) is 0 Å². The molecule has 1 saturated heterocycles. The van der Waals surface area contributed by atoms with Crippen molar-refractivity contribution in [2.24, 2.45) is 0 Å². The summed E-state index contributed by atoms with van der Waals surface area (Å²) < 4.78 is 5.95. The van der Waals surface area contributed by atoms with E-state index in [1.54, 1.807) is 4.90 Å². The summed E-state index contributed by atoms with van der Waals surface area (Å²) in [4.78, 5) is 20.2. The zero-order valence-corrected chi connectivity index (χ0v) is 15.9. The fourth-order valence-electron chi connectivity index (χ4n) is 2.30. The molecule has 1 aromatic heterocycles. The van der Waals surface area contributed by atoms with Crippen molar-refractivity contribution in [3.8, 4) is 0 Å². The number of nitrogens with two attached hydrogens (primary N) is 1. The predicted octanol–water partition coefficient (Wildman–Crippen LogP) is 3.13. The van der Waals surface area contributed by atoms with Crippen LogP contribution in [0.5, 0.6) is 0 Å². The van der Waals surface area contributed by atoms with Crippen LogP contribution < -0.4 is 5.73 Å². The van der Waals surface area contributed by atoms with Gasteiger partial charge in [-0.3, -0.25) is 4.90 Å². The van der Waals surface area contributed by atoms with E-state index in [4.69, 9.17) is 22.1 Å². The Labute approximate surface area is 150 Å². The van der Waals surface area contributed by atoms with E-state index in [2.05, 4.69) is 25.8 Å². The number of aromatic nitrogens is 1. The molecule has 2 rings (SSSR count). The molecule has 1 aliphatic rings. The normalized spacial score (nSPS) is 16.5. The molecule has 8 heteroatoms. The van der Waals surface area contributed by atoms with Gasteiger partial charge in [0.25, 0.3) is 0 Å². The maximum atomic E-state index is 12.0. The highest BCUT2D eigenvalue weighted by Crippen LogP contribution is 2.25. The molecule has 0 radical (unpaired) electrons. The number of pyridine rings is 1. The zero-order valence-electron chi connectivity index (χ0n) is 13.6. The summed E-state index contributed by atoms with van der Waals surface area (Å²) >= 11 is 9.34. The summed E-state index contributed by atoms with van der Waals surface area (Å²) in [6, 6.07) is 1.83. The van der Waals surface area contributed by atoms with Gasteiger partial charge in [-0.2, -0.15) is 0 Å². The average Bonchev–Trinajstić information content (AvgIpc) is 2.43. The highest BCUT2D eigenvalue weighted by Gasteiger charge is 2.26. The van der Waals surface area contributed by atoms with Gasteiger partial charge in [0.1, 0.15) is 16.0 Å². The number of amides is 1. The first-order valence-electron chi connectivity index (χ1n) is 7.46. The molecule has 0 saturated carbocycles. The third-order valence-electron chi connectivity index (χ3n) is 3.46. The van der Waals surface area contributed by atoms with Crippen molar-refractivity contribution >= 4 is 39.4 Å². The Morgan fingerprint density at radius 3 is 2.57 bits per heavy atom. The average molecular weight is 406 g/mol. The van der Waals surface area contributed by atoms with E-state index in [9.17, 15) is 4.79 Å². The minimum atomic E-state index is -0.470. The summed E-state index contributed by atoms with van der Waals surface area (Å²) in [5, 5.41) is 0.543. The van der Waals surface area contributed by atoms with Gasteiger partial charge in [0.2, 0.25) is 0 Å². The SMILES string of the molecule is CC(C)(C)OC(=O)N1CCN(Cc2cc(Cl)c(Br)nc2N)CC1. The molecule has 1 aromatic rings. The van der Waals surface area contributed by atoms with Crippen LogP contribution in [0.2, 0.25) is 5.02 Å². The number of anilines is 1. The Morgan fingerprint density at radius 2 is 2.00 bits per heavy atom. The summed E-state index contributed by atoms with van der Waals surface area (Å²) in [5.41, 5.74) is 6.36. The molecule has 1 fully saturated rings. The maximum Gasteiger partial charge on any atom is 0.410 e. The lowest BCUT2D eigenvalue weighted by Gasteiger charge is -2.35. The number of nitrogen functional groups attached to an aromatic ring is 1. The lowest BCUT2D eigenvalue weighted by molar-refractivity contribution is 0.0139. The Kier molecular flexibility index (Phi) is 5.75. The van der Waals surface area contributed by atoms with Gasteiger partial charge in [-0.25, -0.2) is 9.78 Å². The molecule has 0 bridgehead atoms. The fraction of sp³-hybridized carbons (Fsp3) is 0.600. The Hall–Kier alpha value is -1.05. The van der Waals surface area contributed by atoms with Gasteiger partial charge in [-0.15, -0.1) is 0 Å². The number of carbonyl (C=O) groups is 1. The minimum Gasteiger partial charge on any atom is -0.444 e. The lowest BCUT2D eigenvalue weighted by atomic mass is 10.2. The number of hydrogen-bond acceptors (Lipinski definition) is 5. The number of nitrogens with zero attached hydrogens (tertiary/aromatic N) is 3. The summed E-state index contributed by atoms with van der Waals surface area (Å²) in [7, 11) is 0. The molecule has 1 aliphatic heterocycles. The van der Waals surface area contributed by atoms with E-state index < -0.39 is 5.60 Å². The van der Waals surface area contributed by atoms with E-state index in [-0.39, 0.29) is 6.09 Å². The van der Waals surface area contributed by atoms with Crippen molar-refractivity contribution in [1.29, 1.82) is 0 Å². The van der Waals surface area contributed by atoms with Gasteiger partial charge >= 0.3 is 6.09 Å². The molecular weight excluding hydrogens is 384 g/mol. The highest BCUT2D eigenvalue weighted by atomic mass is 79.9. The van der Waals surface area contributed by atoms with Gasteiger partial charge in [-0.1, -0.05) is 11.6 Å². The van der Waals surface area contributed by atoms with Gasteiger partial charge in [0.15, 0.2) is 0 Å². The molecule has 2 heterocycles. The van der Waals surface area contributed by atoms with Crippen molar-refractivity contribution in [1.82, 2.24) is 14.8 Å². The number of piperazine rings is 1. The predicted molar refractivity (Wildman–Crippen MR) is 94.4 cm³/mol. The van der Waals surface area contributed by atoms with Crippen LogP contribution in [0.1, 0.15) is 26.3 Å². The van der Waals surface area contributed by atoms with Crippen molar-refractivity contribution in [3.05, 3.63) is 21.3 Å².